The molecule has 0 unspecified atom stereocenters. The lowest BCUT2D eigenvalue weighted by molar-refractivity contribution is 0.391. The second kappa shape index (κ2) is 7.83. The number of hydrogen-bond donors (Lipinski definition) is 1. The zero-order chi connectivity index (χ0) is 17.8. The van der Waals surface area contributed by atoms with Gasteiger partial charge in [0.25, 0.3) is 0 Å². The fourth-order valence-corrected chi connectivity index (χ4v) is 3.40. The van der Waals surface area contributed by atoms with Crippen molar-refractivity contribution in [3.05, 3.63) is 30.0 Å². The second-order valence-electron chi connectivity index (χ2n) is 7.06. The van der Waals surface area contributed by atoms with Crippen molar-refractivity contribution in [2.45, 2.75) is 32.6 Å². The van der Waals surface area contributed by atoms with Crippen molar-refractivity contribution >= 4 is 27.6 Å². The van der Waals surface area contributed by atoms with Gasteiger partial charge in [0.15, 0.2) is 5.65 Å². The maximum atomic E-state index is 4.80. The molecule has 0 amide bonds. The molecule has 0 fully saturated rings. The lowest BCUT2D eigenvalue weighted by Crippen LogP contribution is -2.12. The summed E-state index contributed by atoms with van der Waals surface area (Å²) < 4.78 is 1.88. The molecule has 3 rings (SSSR count). The van der Waals surface area contributed by atoms with Crippen molar-refractivity contribution in [2.24, 2.45) is 7.05 Å². The van der Waals surface area contributed by atoms with Gasteiger partial charge in [0.05, 0.1) is 22.3 Å². The average molecular weight is 339 g/mol. The predicted molar refractivity (Wildman–Crippen MR) is 106 cm³/mol. The number of nitrogens with zero attached hydrogens (tertiary/aromatic N) is 4. The molecule has 5 nitrogen and oxygen atoms in total. The molecule has 0 saturated heterocycles. The summed E-state index contributed by atoms with van der Waals surface area (Å²) in [4.78, 5) is 7.05. The summed E-state index contributed by atoms with van der Waals surface area (Å²) in [6.07, 6.45) is 5.01. The molecule has 2 aromatic heterocycles. The molecule has 25 heavy (non-hydrogen) atoms. The van der Waals surface area contributed by atoms with Crippen molar-refractivity contribution in [3.63, 3.8) is 0 Å². The van der Waals surface area contributed by atoms with Crippen LogP contribution in [0.4, 0.5) is 5.69 Å². The van der Waals surface area contributed by atoms with Crippen molar-refractivity contribution in [2.75, 3.05) is 32.5 Å². The number of anilines is 1. The molecule has 2 heterocycles. The van der Waals surface area contributed by atoms with Gasteiger partial charge >= 0.3 is 0 Å². The molecule has 134 valence electrons. The molecule has 0 aliphatic carbocycles. The summed E-state index contributed by atoms with van der Waals surface area (Å²) in [5.41, 5.74) is 4.18. The SMILES string of the molecule is Cc1nn(C)c2nc3ccccc3c(NCCCCCCN(C)C)c12. The Hall–Kier alpha value is -2.14. The monoisotopic (exact) mass is 339 g/mol. The molecule has 5 heteroatoms. The van der Waals surface area contributed by atoms with Gasteiger partial charge in [-0.2, -0.15) is 5.10 Å². The standard InChI is InChI=1S/C20H29N5/c1-15-18-19(21-13-9-5-6-10-14-24(2)3)16-11-7-8-12-17(16)22-20(18)25(4)23-15/h7-8,11-12H,5-6,9-10,13-14H2,1-4H3,(H,21,22). The minimum Gasteiger partial charge on any atom is -0.384 e. The van der Waals surface area contributed by atoms with Gasteiger partial charge in [-0.3, -0.25) is 4.68 Å². The Kier molecular flexibility index (Phi) is 5.53. The number of nitrogens with one attached hydrogen (secondary N) is 1. The van der Waals surface area contributed by atoms with E-state index in [0.29, 0.717) is 0 Å². The molecular weight excluding hydrogens is 310 g/mol. The highest BCUT2D eigenvalue weighted by molar-refractivity contribution is 6.07. The van der Waals surface area contributed by atoms with E-state index in [-0.39, 0.29) is 0 Å². The van der Waals surface area contributed by atoms with E-state index in [1.165, 1.54) is 43.3 Å². The molecule has 0 aliphatic rings. The van der Waals surface area contributed by atoms with Crippen LogP contribution in [0.3, 0.4) is 0 Å². The normalized spacial score (nSPS) is 11.7. The lowest BCUT2D eigenvalue weighted by Gasteiger charge is -2.12. The van der Waals surface area contributed by atoms with E-state index >= 15 is 0 Å². The summed E-state index contributed by atoms with van der Waals surface area (Å²) in [6, 6.07) is 8.34. The summed E-state index contributed by atoms with van der Waals surface area (Å²) in [5, 5.41) is 10.6. The van der Waals surface area contributed by atoms with Gasteiger partial charge in [0, 0.05) is 19.0 Å². The van der Waals surface area contributed by atoms with Crippen LogP contribution in [-0.2, 0) is 7.05 Å². The van der Waals surface area contributed by atoms with Crippen LogP contribution in [0.5, 0.6) is 0 Å². The van der Waals surface area contributed by atoms with Crippen LogP contribution in [0, 0.1) is 6.92 Å². The third-order valence-corrected chi connectivity index (χ3v) is 4.68. The number of pyridine rings is 1. The highest BCUT2D eigenvalue weighted by Crippen LogP contribution is 2.32. The van der Waals surface area contributed by atoms with Crippen molar-refractivity contribution < 1.29 is 0 Å². The zero-order valence-corrected chi connectivity index (χ0v) is 15.8. The van der Waals surface area contributed by atoms with Gasteiger partial charge in [0.2, 0.25) is 0 Å². The number of fused-ring (bicyclic) bond motifs is 2. The quantitative estimate of drug-likeness (QED) is 0.631. The number of aryl methyl sites for hydroxylation is 2. The number of rotatable bonds is 8. The second-order valence-corrected chi connectivity index (χ2v) is 7.06. The van der Waals surface area contributed by atoms with E-state index < -0.39 is 0 Å². The molecule has 0 saturated carbocycles. The average Bonchev–Trinajstić information content (AvgIpc) is 2.87. The summed E-state index contributed by atoms with van der Waals surface area (Å²) >= 11 is 0. The van der Waals surface area contributed by atoms with Crippen molar-refractivity contribution in [1.82, 2.24) is 19.7 Å². The summed E-state index contributed by atoms with van der Waals surface area (Å²) in [5.74, 6) is 0. The van der Waals surface area contributed by atoms with Crippen LogP contribution in [0.15, 0.2) is 24.3 Å². The van der Waals surface area contributed by atoms with E-state index in [4.69, 9.17) is 4.98 Å². The minimum absolute atomic E-state index is 0.949. The van der Waals surface area contributed by atoms with E-state index in [0.717, 1.165) is 28.8 Å². The smallest absolute Gasteiger partial charge is 0.160 e. The van der Waals surface area contributed by atoms with Crippen LogP contribution in [0.2, 0.25) is 0 Å². The Morgan fingerprint density at radius 2 is 1.84 bits per heavy atom. The van der Waals surface area contributed by atoms with Gasteiger partial charge in [-0.25, -0.2) is 4.98 Å². The minimum atomic E-state index is 0.949. The Balaban J connectivity index is 1.75. The predicted octanol–water partition coefficient (Wildman–Crippen LogP) is 3.96. The largest absolute Gasteiger partial charge is 0.384 e. The first-order chi connectivity index (χ1) is 12.1. The third-order valence-electron chi connectivity index (χ3n) is 4.68. The summed E-state index contributed by atoms with van der Waals surface area (Å²) in [7, 11) is 6.24. The molecule has 3 aromatic rings. The molecule has 0 spiro atoms. The molecule has 1 aromatic carbocycles. The molecule has 1 N–H and O–H groups in total. The van der Waals surface area contributed by atoms with E-state index in [1.54, 1.807) is 0 Å². The molecule has 0 atom stereocenters. The maximum absolute atomic E-state index is 4.80. The number of aromatic nitrogens is 3. The molecule has 0 radical (unpaired) electrons. The zero-order valence-electron chi connectivity index (χ0n) is 15.8. The topological polar surface area (TPSA) is 46.0 Å². The van der Waals surface area contributed by atoms with Crippen LogP contribution < -0.4 is 5.32 Å². The van der Waals surface area contributed by atoms with E-state index in [2.05, 4.69) is 54.5 Å². The fourth-order valence-electron chi connectivity index (χ4n) is 3.40. The first-order valence-corrected chi connectivity index (χ1v) is 9.18. The Morgan fingerprint density at radius 3 is 2.64 bits per heavy atom. The fraction of sp³-hybridized carbons (Fsp3) is 0.500. The van der Waals surface area contributed by atoms with Crippen LogP contribution in [-0.4, -0.2) is 46.8 Å². The molecule has 0 bridgehead atoms. The Morgan fingerprint density at radius 1 is 1.08 bits per heavy atom. The van der Waals surface area contributed by atoms with E-state index in [9.17, 15) is 0 Å². The highest BCUT2D eigenvalue weighted by atomic mass is 15.3. The number of unbranched alkanes of at least 4 members (excludes halogenated alkanes) is 3. The van der Waals surface area contributed by atoms with Gasteiger partial charge < -0.3 is 10.2 Å². The van der Waals surface area contributed by atoms with Gasteiger partial charge in [-0.1, -0.05) is 31.0 Å². The van der Waals surface area contributed by atoms with Crippen LogP contribution in [0.25, 0.3) is 21.9 Å². The highest BCUT2D eigenvalue weighted by Gasteiger charge is 2.14. The maximum Gasteiger partial charge on any atom is 0.160 e. The Bertz CT molecular complexity index is 850. The Labute approximate surface area is 150 Å². The first-order valence-electron chi connectivity index (χ1n) is 9.18. The van der Waals surface area contributed by atoms with Crippen molar-refractivity contribution in [3.8, 4) is 0 Å². The number of hydrogen-bond acceptors (Lipinski definition) is 4. The van der Waals surface area contributed by atoms with Crippen LogP contribution in [0.1, 0.15) is 31.4 Å². The third kappa shape index (κ3) is 3.93. The molecule has 0 aliphatic heterocycles. The van der Waals surface area contributed by atoms with E-state index in [1.807, 2.05) is 17.8 Å². The first kappa shape index (κ1) is 17.7. The lowest BCUT2D eigenvalue weighted by atomic mass is 10.1. The van der Waals surface area contributed by atoms with Crippen molar-refractivity contribution in [1.29, 1.82) is 0 Å². The van der Waals surface area contributed by atoms with Gasteiger partial charge in [-0.05, 0) is 46.5 Å². The van der Waals surface area contributed by atoms with Crippen LogP contribution >= 0.6 is 0 Å². The number of benzene rings is 1. The summed E-state index contributed by atoms with van der Waals surface area (Å²) in [6.45, 7) is 4.22. The number of para-hydroxylation sites is 1. The van der Waals surface area contributed by atoms with Gasteiger partial charge in [0.1, 0.15) is 0 Å². The van der Waals surface area contributed by atoms with Gasteiger partial charge in [-0.15, -0.1) is 0 Å². The molecular formula is C20H29N5.